The Kier molecular flexibility index (Phi) is 3.97. The quantitative estimate of drug-likeness (QED) is 0.849. The molecule has 0 atom stereocenters. The zero-order chi connectivity index (χ0) is 13.8. The predicted molar refractivity (Wildman–Crippen MR) is 70.5 cm³/mol. The lowest BCUT2D eigenvalue weighted by Crippen LogP contribution is -2.19. The van der Waals surface area contributed by atoms with Crippen molar-refractivity contribution in [1.82, 2.24) is 0 Å². The molecule has 2 aromatic rings. The lowest BCUT2D eigenvalue weighted by atomic mass is 10.3. The number of carbonyl (C=O) groups is 1. The van der Waals surface area contributed by atoms with E-state index in [-0.39, 0.29) is 5.02 Å². The molecule has 0 aliphatic carbocycles. The number of nitrogens with one attached hydrogen (secondary N) is 2. The normalized spacial score (nSPS) is 10.1. The summed E-state index contributed by atoms with van der Waals surface area (Å²) >= 11 is 5.58. The third-order valence-electron chi connectivity index (χ3n) is 2.26. The highest BCUT2D eigenvalue weighted by atomic mass is 35.5. The molecule has 2 amide bonds. The van der Waals surface area contributed by atoms with E-state index in [1.54, 1.807) is 6.07 Å². The van der Waals surface area contributed by atoms with Crippen LogP contribution in [0, 0.1) is 11.6 Å². The number of hydrogen-bond acceptors (Lipinski definition) is 1. The Hall–Kier alpha value is -2.14. The minimum absolute atomic E-state index is 0.0939. The van der Waals surface area contributed by atoms with E-state index in [0.29, 0.717) is 11.4 Å². The fourth-order valence-corrected chi connectivity index (χ4v) is 1.61. The molecule has 0 radical (unpaired) electrons. The lowest BCUT2D eigenvalue weighted by Gasteiger charge is -2.08. The molecular formula is C13H9ClF2N2O. The third kappa shape index (κ3) is 3.66. The van der Waals surface area contributed by atoms with Gasteiger partial charge in [-0.25, -0.2) is 13.6 Å². The number of rotatable bonds is 2. The van der Waals surface area contributed by atoms with Gasteiger partial charge in [0.1, 0.15) is 11.6 Å². The second kappa shape index (κ2) is 5.67. The van der Waals surface area contributed by atoms with Crippen LogP contribution in [0.15, 0.2) is 42.5 Å². The van der Waals surface area contributed by atoms with Crippen LogP contribution in [-0.2, 0) is 0 Å². The highest BCUT2D eigenvalue weighted by molar-refractivity contribution is 6.31. The van der Waals surface area contributed by atoms with Crippen molar-refractivity contribution in [3.8, 4) is 0 Å². The summed E-state index contributed by atoms with van der Waals surface area (Å²) in [5.41, 5.74) is 0.644. The molecule has 2 aromatic carbocycles. The van der Waals surface area contributed by atoms with Gasteiger partial charge in [-0.05, 0) is 36.4 Å². The molecule has 0 aromatic heterocycles. The van der Waals surface area contributed by atoms with E-state index in [9.17, 15) is 13.6 Å². The molecule has 0 heterocycles. The fraction of sp³-hybridized carbons (Fsp3) is 0. The van der Waals surface area contributed by atoms with Gasteiger partial charge in [-0.3, -0.25) is 0 Å². The predicted octanol–water partition coefficient (Wildman–Crippen LogP) is 4.26. The monoisotopic (exact) mass is 282 g/mol. The molecule has 2 rings (SSSR count). The summed E-state index contributed by atoms with van der Waals surface area (Å²) in [6, 6.07) is 8.67. The smallest absolute Gasteiger partial charge is 0.308 e. The largest absolute Gasteiger partial charge is 0.323 e. The maximum Gasteiger partial charge on any atom is 0.323 e. The Morgan fingerprint density at radius 2 is 1.68 bits per heavy atom. The fourth-order valence-electron chi connectivity index (χ4n) is 1.43. The Morgan fingerprint density at radius 1 is 1.00 bits per heavy atom. The molecule has 0 aliphatic rings. The summed E-state index contributed by atoms with van der Waals surface area (Å²) < 4.78 is 25.8. The van der Waals surface area contributed by atoms with Gasteiger partial charge in [-0.15, -0.1) is 0 Å². The molecular weight excluding hydrogens is 274 g/mol. The minimum atomic E-state index is -0.576. The second-order valence-electron chi connectivity index (χ2n) is 3.72. The van der Waals surface area contributed by atoms with Crippen molar-refractivity contribution in [2.45, 2.75) is 0 Å². The van der Waals surface area contributed by atoms with Gasteiger partial charge in [0.25, 0.3) is 0 Å². The second-order valence-corrected chi connectivity index (χ2v) is 4.13. The van der Waals surface area contributed by atoms with Crippen LogP contribution in [0.4, 0.5) is 25.0 Å². The number of urea groups is 1. The highest BCUT2D eigenvalue weighted by Gasteiger charge is 2.05. The Morgan fingerprint density at radius 3 is 2.32 bits per heavy atom. The van der Waals surface area contributed by atoms with Gasteiger partial charge in [0, 0.05) is 11.4 Å². The van der Waals surface area contributed by atoms with Gasteiger partial charge >= 0.3 is 6.03 Å². The van der Waals surface area contributed by atoms with Crippen molar-refractivity contribution in [2.75, 3.05) is 10.6 Å². The van der Waals surface area contributed by atoms with Crippen LogP contribution in [0.5, 0.6) is 0 Å². The average Bonchev–Trinajstić information content (AvgIpc) is 2.34. The lowest BCUT2D eigenvalue weighted by molar-refractivity contribution is 0.262. The maximum absolute atomic E-state index is 12.9. The zero-order valence-corrected chi connectivity index (χ0v) is 10.3. The van der Waals surface area contributed by atoms with Crippen molar-refractivity contribution in [2.24, 2.45) is 0 Å². The summed E-state index contributed by atoms with van der Waals surface area (Å²) in [5.74, 6) is -1.03. The summed E-state index contributed by atoms with van der Waals surface area (Å²) in [6.45, 7) is 0. The van der Waals surface area contributed by atoms with Gasteiger partial charge in [0.2, 0.25) is 0 Å². The maximum atomic E-state index is 12.9. The van der Waals surface area contributed by atoms with Crippen molar-refractivity contribution < 1.29 is 13.6 Å². The van der Waals surface area contributed by atoms with E-state index in [1.165, 1.54) is 30.3 Å². The van der Waals surface area contributed by atoms with E-state index >= 15 is 0 Å². The van der Waals surface area contributed by atoms with E-state index < -0.39 is 17.7 Å². The number of anilines is 2. The number of halogens is 3. The van der Waals surface area contributed by atoms with Crippen LogP contribution < -0.4 is 10.6 Å². The average molecular weight is 283 g/mol. The highest BCUT2D eigenvalue weighted by Crippen LogP contribution is 2.19. The van der Waals surface area contributed by atoms with Crippen LogP contribution in [0.1, 0.15) is 0 Å². The molecule has 0 unspecified atom stereocenters. The summed E-state index contributed by atoms with van der Waals surface area (Å²) in [4.78, 5) is 11.6. The van der Waals surface area contributed by atoms with Crippen LogP contribution >= 0.6 is 11.6 Å². The van der Waals surface area contributed by atoms with Crippen molar-refractivity contribution in [1.29, 1.82) is 0 Å². The molecule has 0 fully saturated rings. The SMILES string of the molecule is O=C(Nc1cccc(F)c1)Nc1ccc(F)c(Cl)c1. The Balaban J connectivity index is 2.03. The van der Waals surface area contributed by atoms with Gasteiger partial charge in [0.05, 0.1) is 5.02 Å². The molecule has 0 saturated heterocycles. The molecule has 0 spiro atoms. The topological polar surface area (TPSA) is 41.1 Å². The van der Waals surface area contributed by atoms with Crippen molar-refractivity contribution >= 4 is 29.0 Å². The van der Waals surface area contributed by atoms with Gasteiger partial charge in [0.15, 0.2) is 0 Å². The summed E-state index contributed by atoms with van der Waals surface area (Å²) in [6.07, 6.45) is 0. The van der Waals surface area contributed by atoms with Crippen LogP contribution in [0.3, 0.4) is 0 Å². The number of amides is 2. The molecule has 19 heavy (non-hydrogen) atoms. The number of benzene rings is 2. The van der Waals surface area contributed by atoms with Crippen LogP contribution in [0.2, 0.25) is 5.02 Å². The first-order chi connectivity index (χ1) is 9.04. The molecule has 98 valence electrons. The van der Waals surface area contributed by atoms with Crippen molar-refractivity contribution in [3.63, 3.8) is 0 Å². The van der Waals surface area contributed by atoms with Gasteiger partial charge in [-0.1, -0.05) is 17.7 Å². The molecule has 0 aliphatic heterocycles. The first-order valence-electron chi connectivity index (χ1n) is 5.33. The van der Waals surface area contributed by atoms with E-state index in [0.717, 1.165) is 6.07 Å². The van der Waals surface area contributed by atoms with Crippen LogP contribution in [-0.4, -0.2) is 6.03 Å². The van der Waals surface area contributed by atoms with Crippen molar-refractivity contribution in [3.05, 3.63) is 59.1 Å². The van der Waals surface area contributed by atoms with E-state index in [2.05, 4.69) is 10.6 Å². The van der Waals surface area contributed by atoms with E-state index in [1.807, 2.05) is 0 Å². The first-order valence-corrected chi connectivity index (χ1v) is 5.71. The summed E-state index contributed by atoms with van der Waals surface area (Å²) in [7, 11) is 0. The molecule has 0 bridgehead atoms. The first kappa shape index (κ1) is 13.3. The molecule has 0 saturated carbocycles. The molecule has 3 nitrogen and oxygen atoms in total. The van der Waals surface area contributed by atoms with Gasteiger partial charge < -0.3 is 10.6 Å². The third-order valence-corrected chi connectivity index (χ3v) is 2.55. The van der Waals surface area contributed by atoms with Crippen LogP contribution in [0.25, 0.3) is 0 Å². The minimum Gasteiger partial charge on any atom is -0.308 e. The van der Waals surface area contributed by atoms with E-state index in [4.69, 9.17) is 11.6 Å². The summed E-state index contributed by atoms with van der Waals surface area (Å²) in [5, 5.41) is 4.80. The van der Waals surface area contributed by atoms with Gasteiger partial charge in [-0.2, -0.15) is 0 Å². The molecule has 6 heteroatoms. The Bertz CT molecular complexity index is 619. The number of carbonyl (C=O) groups excluding carboxylic acids is 1. The Labute approximate surface area is 113 Å². The molecule has 2 N–H and O–H groups in total. The number of hydrogen-bond donors (Lipinski definition) is 2. The standard InChI is InChI=1S/C13H9ClF2N2O/c14-11-7-10(4-5-12(11)16)18-13(19)17-9-3-1-2-8(15)6-9/h1-7H,(H2,17,18,19). The zero-order valence-electron chi connectivity index (χ0n) is 9.58.